The summed E-state index contributed by atoms with van der Waals surface area (Å²) in [4.78, 5) is 27.8. The molecule has 3 heterocycles. The number of aromatic nitrogens is 2. The molecule has 0 unspecified atom stereocenters. The Balaban J connectivity index is 1.42. The molecule has 2 aromatic rings. The van der Waals surface area contributed by atoms with Crippen LogP contribution < -0.4 is 0 Å². The minimum atomic E-state index is -0.856. The van der Waals surface area contributed by atoms with Crippen LogP contribution in [0.4, 0.5) is 0 Å². The van der Waals surface area contributed by atoms with Crippen LogP contribution in [-0.4, -0.2) is 62.2 Å². The molecule has 7 heteroatoms. The summed E-state index contributed by atoms with van der Waals surface area (Å²) in [7, 11) is 1.76. The van der Waals surface area contributed by atoms with Gasteiger partial charge in [-0.15, -0.1) is 0 Å². The number of benzene rings is 1. The molecule has 2 saturated heterocycles. The van der Waals surface area contributed by atoms with Crippen LogP contribution in [0.15, 0.2) is 36.7 Å². The summed E-state index contributed by atoms with van der Waals surface area (Å²) < 4.78 is 1.89. The summed E-state index contributed by atoms with van der Waals surface area (Å²) in [5.41, 5.74) is 2.83. The van der Waals surface area contributed by atoms with Crippen LogP contribution in [0.25, 0.3) is 5.69 Å². The number of likely N-dealkylation sites (tertiary alicyclic amines) is 2. The Kier molecular flexibility index (Phi) is 4.71. The fourth-order valence-corrected chi connectivity index (χ4v) is 4.69. The van der Waals surface area contributed by atoms with Crippen molar-refractivity contribution in [2.75, 3.05) is 20.1 Å². The first-order valence-corrected chi connectivity index (χ1v) is 9.71. The van der Waals surface area contributed by atoms with Crippen molar-refractivity contribution in [2.45, 2.75) is 38.3 Å². The van der Waals surface area contributed by atoms with Gasteiger partial charge in [-0.1, -0.05) is 12.1 Å². The number of carboxylic acid groups (broad SMARTS) is 1. The lowest BCUT2D eigenvalue weighted by Gasteiger charge is -2.45. The van der Waals surface area contributed by atoms with Gasteiger partial charge in [-0.25, -0.2) is 4.68 Å². The van der Waals surface area contributed by atoms with E-state index in [0.717, 1.165) is 30.9 Å². The Morgan fingerprint density at radius 2 is 2.07 bits per heavy atom. The quantitative estimate of drug-likeness (QED) is 0.876. The summed E-state index contributed by atoms with van der Waals surface area (Å²) >= 11 is 0. The normalized spacial score (nSPS) is 22.1. The number of aryl methyl sites for hydroxylation is 1. The Hall–Kier alpha value is -2.67. The highest BCUT2D eigenvalue weighted by Gasteiger charge is 2.55. The molecule has 2 aliphatic heterocycles. The smallest absolute Gasteiger partial charge is 0.309 e. The van der Waals surface area contributed by atoms with E-state index in [1.54, 1.807) is 11.9 Å². The van der Waals surface area contributed by atoms with Crippen molar-refractivity contribution in [3.63, 3.8) is 0 Å². The number of amides is 1. The van der Waals surface area contributed by atoms with Crippen molar-refractivity contribution in [1.29, 1.82) is 0 Å². The molecule has 28 heavy (non-hydrogen) atoms. The maximum atomic E-state index is 12.1. The number of hydrogen-bond donors (Lipinski definition) is 1. The van der Waals surface area contributed by atoms with E-state index in [9.17, 15) is 14.7 Å². The Bertz CT molecular complexity index is 899. The molecule has 1 atom stereocenters. The van der Waals surface area contributed by atoms with Crippen LogP contribution in [-0.2, 0) is 16.1 Å². The first-order valence-electron chi connectivity index (χ1n) is 9.71. The molecule has 148 valence electrons. The summed E-state index contributed by atoms with van der Waals surface area (Å²) in [6.45, 7) is 4.39. The lowest BCUT2D eigenvalue weighted by molar-refractivity contribution is -0.146. The maximum absolute atomic E-state index is 12.1. The average molecular weight is 382 g/mol. The number of carbonyl (C=O) groups excluding carboxylic acids is 1. The van der Waals surface area contributed by atoms with Crippen molar-refractivity contribution in [1.82, 2.24) is 19.6 Å². The zero-order valence-electron chi connectivity index (χ0n) is 16.3. The predicted octanol–water partition coefficient (Wildman–Crippen LogP) is 2.08. The number of carbonyl (C=O) groups is 2. The third-order valence-corrected chi connectivity index (χ3v) is 6.40. The van der Waals surface area contributed by atoms with E-state index in [2.05, 4.69) is 29.1 Å². The zero-order valence-corrected chi connectivity index (χ0v) is 16.3. The zero-order chi connectivity index (χ0) is 19.9. The maximum Gasteiger partial charge on any atom is 0.309 e. The van der Waals surface area contributed by atoms with Gasteiger partial charge in [0.2, 0.25) is 5.91 Å². The number of aliphatic carboxylic acids is 1. The lowest BCUT2D eigenvalue weighted by atomic mass is 9.77. The molecule has 1 aromatic carbocycles. The molecule has 1 N–H and O–H groups in total. The number of rotatable bonds is 4. The molecule has 2 fully saturated rings. The molecular formula is C21H26N4O3. The van der Waals surface area contributed by atoms with Gasteiger partial charge in [-0.2, -0.15) is 5.10 Å². The second-order valence-electron chi connectivity index (χ2n) is 8.06. The molecular weight excluding hydrogens is 356 g/mol. The SMILES string of the molecule is Cc1cccc(-n2cc(CN3CCC4(CC3)[C@@H](C(=O)O)CC(=O)N4C)cn2)c1. The Morgan fingerprint density at radius 1 is 1.32 bits per heavy atom. The summed E-state index contributed by atoms with van der Waals surface area (Å²) in [6.07, 6.45) is 5.44. The predicted molar refractivity (Wildman–Crippen MR) is 104 cm³/mol. The van der Waals surface area contributed by atoms with Crippen molar-refractivity contribution < 1.29 is 14.7 Å². The summed E-state index contributed by atoms with van der Waals surface area (Å²) in [5, 5.41) is 14.1. The number of nitrogens with zero attached hydrogens (tertiary/aromatic N) is 4. The van der Waals surface area contributed by atoms with E-state index in [1.807, 2.05) is 29.2 Å². The largest absolute Gasteiger partial charge is 0.481 e. The highest BCUT2D eigenvalue weighted by molar-refractivity contribution is 5.88. The van der Waals surface area contributed by atoms with Gasteiger partial charge < -0.3 is 10.0 Å². The fraction of sp³-hybridized carbons (Fsp3) is 0.476. The van der Waals surface area contributed by atoms with Gasteiger partial charge in [0.05, 0.1) is 23.3 Å². The van der Waals surface area contributed by atoms with Crippen LogP contribution in [0.2, 0.25) is 0 Å². The Labute approximate surface area is 164 Å². The van der Waals surface area contributed by atoms with E-state index in [0.29, 0.717) is 12.8 Å². The highest BCUT2D eigenvalue weighted by Crippen LogP contribution is 2.43. The molecule has 1 aromatic heterocycles. The molecule has 0 saturated carbocycles. The Morgan fingerprint density at radius 3 is 2.75 bits per heavy atom. The first-order chi connectivity index (χ1) is 13.4. The van der Waals surface area contributed by atoms with Gasteiger partial charge in [0.15, 0.2) is 0 Å². The topological polar surface area (TPSA) is 78.7 Å². The minimum Gasteiger partial charge on any atom is -0.481 e. The van der Waals surface area contributed by atoms with Crippen LogP contribution in [0, 0.1) is 12.8 Å². The standard InChI is InChI=1S/C21H26N4O3/c1-15-4-3-5-17(10-15)25-14-16(12-22-25)13-24-8-6-21(7-9-24)18(20(27)28)11-19(26)23(21)2/h3-5,10,12,14,18H,6-9,11,13H2,1-2H3,(H,27,28)/t18-/m1/s1. The van der Waals surface area contributed by atoms with Crippen molar-refractivity contribution >= 4 is 11.9 Å². The van der Waals surface area contributed by atoms with Crippen molar-refractivity contribution in [3.05, 3.63) is 47.8 Å². The second kappa shape index (κ2) is 7.05. The third kappa shape index (κ3) is 3.20. The minimum absolute atomic E-state index is 0.0553. The van der Waals surface area contributed by atoms with Gasteiger partial charge in [-0.3, -0.25) is 14.5 Å². The molecule has 1 amide bonds. The first kappa shape index (κ1) is 18.7. The molecule has 7 nitrogen and oxygen atoms in total. The summed E-state index contributed by atoms with van der Waals surface area (Å²) in [6, 6.07) is 8.22. The monoisotopic (exact) mass is 382 g/mol. The molecule has 2 aliphatic rings. The molecule has 1 spiro atoms. The molecule has 4 rings (SSSR count). The molecule has 0 radical (unpaired) electrons. The average Bonchev–Trinajstić information content (AvgIpc) is 3.23. The van der Waals surface area contributed by atoms with E-state index in [-0.39, 0.29) is 12.3 Å². The van der Waals surface area contributed by atoms with E-state index >= 15 is 0 Å². The van der Waals surface area contributed by atoms with E-state index < -0.39 is 17.4 Å². The van der Waals surface area contributed by atoms with Gasteiger partial charge in [0.1, 0.15) is 0 Å². The van der Waals surface area contributed by atoms with E-state index in [1.165, 1.54) is 5.56 Å². The van der Waals surface area contributed by atoms with Gasteiger partial charge in [-0.05, 0) is 37.5 Å². The van der Waals surface area contributed by atoms with E-state index in [4.69, 9.17) is 0 Å². The van der Waals surface area contributed by atoms with Crippen LogP contribution in [0.1, 0.15) is 30.4 Å². The van der Waals surface area contributed by atoms with Crippen LogP contribution in [0.5, 0.6) is 0 Å². The third-order valence-electron chi connectivity index (χ3n) is 6.40. The van der Waals surface area contributed by atoms with Crippen LogP contribution in [0.3, 0.4) is 0 Å². The molecule has 0 aliphatic carbocycles. The van der Waals surface area contributed by atoms with Gasteiger partial charge >= 0.3 is 5.97 Å². The second-order valence-corrected chi connectivity index (χ2v) is 8.06. The number of carboxylic acids is 1. The fourth-order valence-electron chi connectivity index (χ4n) is 4.69. The lowest BCUT2D eigenvalue weighted by Crippen LogP contribution is -2.55. The van der Waals surface area contributed by atoms with Crippen molar-refractivity contribution in [3.8, 4) is 5.69 Å². The number of piperidine rings is 1. The van der Waals surface area contributed by atoms with Gasteiger partial charge in [0, 0.05) is 44.9 Å². The summed E-state index contributed by atoms with van der Waals surface area (Å²) in [5.74, 6) is -1.51. The highest BCUT2D eigenvalue weighted by atomic mass is 16.4. The van der Waals surface area contributed by atoms with Crippen molar-refractivity contribution in [2.24, 2.45) is 5.92 Å². The molecule has 0 bridgehead atoms. The van der Waals surface area contributed by atoms with Gasteiger partial charge in [0.25, 0.3) is 0 Å². The number of hydrogen-bond acceptors (Lipinski definition) is 4. The van der Waals surface area contributed by atoms with Crippen LogP contribution >= 0.6 is 0 Å².